The monoisotopic (exact) mass is 1070 g/mol. The molecule has 1 amide bonds. The van der Waals surface area contributed by atoms with E-state index < -0.39 is 49.5 Å². The number of ether oxygens (including phenoxy) is 2. The maximum Gasteiger partial charge on any atom is 0.220 e. The Labute approximate surface area is 467 Å². The molecule has 0 aliphatic carbocycles. The van der Waals surface area contributed by atoms with E-state index in [0.29, 0.717) is 12.8 Å². The number of carbonyl (C=O) groups is 1. The van der Waals surface area contributed by atoms with Gasteiger partial charge in [-0.3, -0.25) is 4.79 Å². The summed E-state index contributed by atoms with van der Waals surface area (Å²) in [7, 11) is 0. The summed E-state index contributed by atoms with van der Waals surface area (Å²) in [6.07, 6.45) is 72.1. The van der Waals surface area contributed by atoms with Gasteiger partial charge in [0.05, 0.1) is 25.4 Å². The van der Waals surface area contributed by atoms with Crippen LogP contribution >= 0.6 is 0 Å². The molecule has 0 radical (unpaired) electrons. The van der Waals surface area contributed by atoms with Crippen LogP contribution in [0.2, 0.25) is 0 Å². The zero-order chi connectivity index (χ0) is 55.0. The number of carbonyl (C=O) groups excluding carboxylic acids is 1. The van der Waals surface area contributed by atoms with Gasteiger partial charge in [0.25, 0.3) is 0 Å². The van der Waals surface area contributed by atoms with Crippen LogP contribution in [0.4, 0.5) is 0 Å². The highest BCUT2D eigenvalue weighted by Gasteiger charge is 2.44. The van der Waals surface area contributed by atoms with Gasteiger partial charge in [-0.2, -0.15) is 0 Å². The van der Waals surface area contributed by atoms with Crippen LogP contribution in [0.25, 0.3) is 0 Å². The van der Waals surface area contributed by atoms with Gasteiger partial charge >= 0.3 is 0 Å². The Bertz CT molecular complexity index is 1470. The third kappa shape index (κ3) is 44.2. The summed E-state index contributed by atoms with van der Waals surface area (Å²) >= 11 is 0. The van der Waals surface area contributed by atoms with Crippen molar-refractivity contribution in [2.24, 2.45) is 0 Å². The Hall–Kier alpha value is -2.63. The number of unbranched alkanes of at least 4 members (excludes halogenated alkanes) is 30. The van der Waals surface area contributed by atoms with Crippen molar-refractivity contribution in [3.63, 3.8) is 0 Å². The summed E-state index contributed by atoms with van der Waals surface area (Å²) < 4.78 is 11.3. The fourth-order valence-corrected chi connectivity index (χ4v) is 9.79. The van der Waals surface area contributed by atoms with E-state index in [0.717, 1.165) is 83.5 Å². The topological polar surface area (TPSA) is 149 Å². The predicted octanol–water partition coefficient (Wildman–Crippen LogP) is 16.6. The standard InChI is InChI=1S/C67H119NO8/c1-3-5-7-9-11-13-15-17-19-20-21-22-23-24-25-26-27-28-29-30-31-32-33-34-35-36-37-38-39-40-41-42-43-45-47-49-51-53-55-57-63(71)68-60(59-75-67-66(74)65(73)64(72)62(58-69)76-67)61(70)56-54-52-50-48-46-44-18-16-14-12-10-8-6-4-2/h5,7,11,13,17,19,21-22,24-25,27-28,30-31,60-62,64-67,69-70,72-74H,3-4,6,8-10,12,14-16,18,20,23,26,29,32-59H2,1-2H3,(H,68,71)/b7-5-,13-11-,19-17-,22-21-,25-24-,28-27-,31-30-. The van der Waals surface area contributed by atoms with Crippen LogP contribution in [0.1, 0.15) is 277 Å². The van der Waals surface area contributed by atoms with E-state index in [1.807, 2.05) is 0 Å². The number of hydrogen-bond acceptors (Lipinski definition) is 8. The Balaban J connectivity index is 2.07. The van der Waals surface area contributed by atoms with Crippen LogP contribution in [-0.4, -0.2) is 87.5 Å². The van der Waals surface area contributed by atoms with E-state index in [1.165, 1.54) is 167 Å². The highest BCUT2D eigenvalue weighted by molar-refractivity contribution is 5.76. The lowest BCUT2D eigenvalue weighted by molar-refractivity contribution is -0.302. The van der Waals surface area contributed by atoms with Gasteiger partial charge in [0.2, 0.25) is 5.91 Å². The second-order valence-corrected chi connectivity index (χ2v) is 21.8. The fraction of sp³-hybridized carbons (Fsp3) is 0.776. The van der Waals surface area contributed by atoms with Crippen LogP contribution in [0, 0.1) is 0 Å². The number of rotatable bonds is 54. The van der Waals surface area contributed by atoms with Crippen LogP contribution in [0.5, 0.6) is 0 Å². The molecule has 7 unspecified atom stereocenters. The molecule has 440 valence electrons. The first kappa shape index (κ1) is 71.4. The van der Waals surface area contributed by atoms with Gasteiger partial charge in [-0.25, -0.2) is 0 Å². The Kier molecular flexibility index (Phi) is 52.3. The molecule has 1 aliphatic heterocycles. The first-order valence-electron chi connectivity index (χ1n) is 31.8. The molecule has 0 aromatic carbocycles. The minimum absolute atomic E-state index is 0.138. The number of aliphatic hydroxyl groups excluding tert-OH is 5. The number of hydrogen-bond donors (Lipinski definition) is 6. The van der Waals surface area contributed by atoms with E-state index in [9.17, 15) is 30.3 Å². The molecule has 0 bridgehead atoms. The largest absolute Gasteiger partial charge is 0.394 e. The Morgan fingerprint density at radius 2 is 0.816 bits per heavy atom. The molecule has 0 aromatic rings. The van der Waals surface area contributed by atoms with Gasteiger partial charge in [0, 0.05) is 6.42 Å². The third-order valence-corrected chi connectivity index (χ3v) is 14.8. The molecule has 0 aromatic heterocycles. The number of aliphatic hydroxyl groups is 5. The molecule has 6 N–H and O–H groups in total. The maximum absolute atomic E-state index is 13.1. The molecule has 1 aliphatic rings. The Morgan fingerprint density at radius 3 is 1.21 bits per heavy atom. The molecule has 76 heavy (non-hydrogen) atoms. The highest BCUT2D eigenvalue weighted by atomic mass is 16.7. The molecule has 0 saturated carbocycles. The van der Waals surface area contributed by atoms with Gasteiger partial charge in [0.1, 0.15) is 24.4 Å². The van der Waals surface area contributed by atoms with Gasteiger partial charge in [-0.1, -0.05) is 285 Å². The summed E-state index contributed by atoms with van der Waals surface area (Å²) in [5.41, 5.74) is 0. The minimum Gasteiger partial charge on any atom is -0.394 e. The minimum atomic E-state index is -1.55. The summed E-state index contributed by atoms with van der Waals surface area (Å²) in [5, 5.41) is 54.7. The smallest absolute Gasteiger partial charge is 0.220 e. The van der Waals surface area contributed by atoms with E-state index >= 15 is 0 Å². The lowest BCUT2D eigenvalue weighted by Crippen LogP contribution is -2.60. The van der Waals surface area contributed by atoms with E-state index in [-0.39, 0.29) is 12.5 Å². The van der Waals surface area contributed by atoms with Crippen LogP contribution in [0.15, 0.2) is 85.1 Å². The lowest BCUT2D eigenvalue weighted by atomic mass is 9.99. The molecule has 1 fully saturated rings. The summed E-state index contributed by atoms with van der Waals surface area (Å²) in [6.45, 7) is 3.73. The quantitative estimate of drug-likeness (QED) is 0.0261. The predicted molar refractivity (Wildman–Crippen MR) is 322 cm³/mol. The lowest BCUT2D eigenvalue weighted by Gasteiger charge is -2.40. The van der Waals surface area contributed by atoms with Crippen molar-refractivity contribution in [2.45, 2.75) is 320 Å². The molecular formula is C67H119NO8. The molecule has 1 rings (SSSR count). The molecule has 7 atom stereocenters. The molecule has 9 heteroatoms. The summed E-state index contributed by atoms with van der Waals surface area (Å²) in [5.74, 6) is -0.144. The van der Waals surface area contributed by atoms with Crippen LogP contribution in [-0.2, 0) is 14.3 Å². The number of nitrogens with one attached hydrogen (secondary N) is 1. The third-order valence-electron chi connectivity index (χ3n) is 14.8. The normalized spacial score (nSPS) is 19.4. The molecule has 0 spiro atoms. The number of allylic oxidation sites excluding steroid dienone is 14. The van der Waals surface area contributed by atoms with E-state index in [4.69, 9.17) is 9.47 Å². The first-order chi connectivity index (χ1) is 37.3. The first-order valence-corrected chi connectivity index (χ1v) is 31.8. The zero-order valence-electron chi connectivity index (χ0n) is 49.0. The van der Waals surface area contributed by atoms with Gasteiger partial charge < -0.3 is 40.3 Å². The number of amides is 1. The zero-order valence-corrected chi connectivity index (χ0v) is 49.0. The van der Waals surface area contributed by atoms with Gasteiger partial charge in [0.15, 0.2) is 6.29 Å². The second-order valence-electron chi connectivity index (χ2n) is 21.8. The van der Waals surface area contributed by atoms with Crippen molar-refractivity contribution in [2.75, 3.05) is 13.2 Å². The molecule has 1 heterocycles. The fourth-order valence-electron chi connectivity index (χ4n) is 9.79. The van der Waals surface area contributed by atoms with Crippen molar-refractivity contribution < 1.29 is 39.8 Å². The maximum atomic E-state index is 13.1. The highest BCUT2D eigenvalue weighted by Crippen LogP contribution is 2.23. The van der Waals surface area contributed by atoms with Crippen LogP contribution < -0.4 is 5.32 Å². The van der Waals surface area contributed by atoms with Gasteiger partial charge in [-0.15, -0.1) is 0 Å². The molecule has 9 nitrogen and oxygen atoms in total. The van der Waals surface area contributed by atoms with Crippen molar-refractivity contribution in [1.29, 1.82) is 0 Å². The summed E-state index contributed by atoms with van der Waals surface area (Å²) in [6, 6.07) is -0.721. The average molecular weight is 1070 g/mol. The van der Waals surface area contributed by atoms with Crippen molar-refractivity contribution >= 4 is 5.91 Å². The second kappa shape index (κ2) is 55.7. The van der Waals surface area contributed by atoms with Gasteiger partial charge in [-0.05, 0) is 70.6 Å². The van der Waals surface area contributed by atoms with Crippen molar-refractivity contribution in [1.82, 2.24) is 5.32 Å². The Morgan fingerprint density at radius 1 is 0.461 bits per heavy atom. The van der Waals surface area contributed by atoms with E-state index in [1.54, 1.807) is 0 Å². The van der Waals surface area contributed by atoms with Crippen molar-refractivity contribution in [3.05, 3.63) is 85.1 Å². The molecule has 1 saturated heterocycles. The van der Waals surface area contributed by atoms with E-state index in [2.05, 4.69) is 104 Å². The molecular weight excluding hydrogens is 947 g/mol. The average Bonchev–Trinajstić information content (AvgIpc) is 3.42. The summed E-state index contributed by atoms with van der Waals surface area (Å²) in [4.78, 5) is 13.1. The van der Waals surface area contributed by atoms with Crippen LogP contribution in [0.3, 0.4) is 0 Å². The SMILES string of the molecule is CC/C=C\C/C=C\C/C=C\C/C=C\C/C=C\C/C=C\C/C=C\CCCCCCCCCCCCCCCCCCCC(=O)NC(COC1OC(CO)C(O)C(O)C1O)C(O)CCCCCCCCCCCCCCCC. The van der Waals surface area contributed by atoms with Crippen molar-refractivity contribution in [3.8, 4) is 0 Å².